The number of nitrogens with one attached hydrogen (secondary N) is 2. The third-order valence-electron chi connectivity index (χ3n) is 2.26. The quantitative estimate of drug-likeness (QED) is 0.697. The molecule has 2 aromatic rings. The van der Waals surface area contributed by atoms with E-state index in [-0.39, 0.29) is 12.6 Å². The largest absolute Gasteiger partial charge is 0.376 e. The molecule has 1 aromatic carbocycles. The van der Waals surface area contributed by atoms with E-state index in [2.05, 4.69) is 10.3 Å². The first-order valence-corrected chi connectivity index (χ1v) is 5.69. The summed E-state index contributed by atoms with van der Waals surface area (Å²) >= 11 is 0. The van der Waals surface area contributed by atoms with Crippen LogP contribution in [0.1, 0.15) is 29.9 Å². The Morgan fingerprint density at radius 2 is 2.06 bits per heavy atom. The lowest BCUT2D eigenvalue weighted by molar-refractivity contribution is 0.0906. The molecular weight excluding hydrogens is 216 g/mol. The first kappa shape index (κ1) is 13.3. The summed E-state index contributed by atoms with van der Waals surface area (Å²) in [5.74, 6) is -0.300. The standard InChI is InChI=1S/C11H12N2O2.C2H6/c1-7-2-3-8-5-10(11(15)12-6-14)13-9(8)4-7;1-2/h2-5,13-14H,6H2,1H3,(H,12,15);1-2H3. The van der Waals surface area contributed by atoms with Gasteiger partial charge in [-0.05, 0) is 24.6 Å². The fourth-order valence-electron chi connectivity index (χ4n) is 1.53. The van der Waals surface area contributed by atoms with Gasteiger partial charge in [0.25, 0.3) is 5.91 Å². The molecule has 0 saturated heterocycles. The van der Waals surface area contributed by atoms with Crippen LogP contribution in [0.5, 0.6) is 0 Å². The van der Waals surface area contributed by atoms with Crippen molar-refractivity contribution in [2.75, 3.05) is 6.73 Å². The van der Waals surface area contributed by atoms with Gasteiger partial charge in [-0.25, -0.2) is 0 Å². The highest BCUT2D eigenvalue weighted by Crippen LogP contribution is 2.16. The summed E-state index contributed by atoms with van der Waals surface area (Å²) in [4.78, 5) is 14.4. The van der Waals surface area contributed by atoms with Gasteiger partial charge in [-0.15, -0.1) is 0 Å². The van der Waals surface area contributed by atoms with E-state index in [0.717, 1.165) is 16.5 Å². The molecule has 0 fully saturated rings. The van der Waals surface area contributed by atoms with Crippen LogP contribution in [0.15, 0.2) is 24.3 Å². The van der Waals surface area contributed by atoms with Gasteiger partial charge in [0.1, 0.15) is 12.4 Å². The Balaban J connectivity index is 0.000000686. The maximum atomic E-state index is 11.4. The fraction of sp³-hybridized carbons (Fsp3) is 0.308. The lowest BCUT2D eigenvalue weighted by Gasteiger charge is -1.96. The van der Waals surface area contributed by atoms with Crippen molar-refractivity contribution in [1.29, 1.82) is 0 Å². The van der Waals surface area contributed by atoms with E-state index in [1.807, 2.05) is 39.0 Å². The molecule has 0 saturated carbocycles. The van der Waals surface area contributed by atoms with Gasteiger partial charge in [-0.3, -0.25) is 4.79 Å². The number of H-pyrrole nitrogens is 1. The molecule has 0 aliphatic carbocycles. The third kappa shape index (κ3) is 3.07. The van der Waals surface area contributed by atoms with E-state index in [4.69, 9.17) is 5.11 Å². The number of aliphatic hydroxyl groups is 1. The molecular formula is C13H18N2O2. The molecule has 1 heterocycles. The Hall–Kier alpha value is -1.81. The number of carbonyl (C=O) groups excluding carboxylic acids is 1. The van der Waals surface area contributed by atoms with Crippen molar-refractivity contribution in [2.24, 2.45) is 0 Å². The summed E-state index contributed by atoms with van der Waals surface area (Å²) in [6, 6.07) is 7.69. The predicted octanol–water partition coefficient (Wildman–Crippen LogP) is 2.18. The minimum absolute atomic E-state index is 0.300. The van der Waals surface area contributed by atoms with Crippen molar-refractivity contribution in [3.63, 3.8) is 0 Å². The van der Waals surface area contributed by atoms with Gasteiger partial charge in [-0.2, -0.15) is 0 Å². The zero-order valence-corrected chi connectivity index (χ0v) is 10.4. The van der Waals surface area contributed by atoms with Crippen LogP contribution in [0, 0.1) is 6.92 Å². The lowest BCUT2D eigenvalue weighted by atomic mass is 10.2. The molecule has 92 valence electrons. The Bertz CT molecular complexity index is 503. The smallest absolute Gasteiger partial charge is 0.269 e. The molecule has 0 aliphatic rings. The van der Waals surface area contributed by atoms with Crippen molar-refractivity contribution in [1.82, 2.24) is 10.3 Å². The summed E-state index contributed by atoms with van der Waals surface area (Å²) < 4.78 is 0. The summed E-state index contributed by atoms with van der Waals surface area (Å²) in [7, 11) is 0. The van der Waals surface area contributed by atoms with Crippen molar-refractivity contribution in [2.45, 2.75) is 20.8 Å². The zero-order chi connectivity index (χ0) is 12.8. The normalized spacial score (nSPS) is 9.65. The van der Waals surface area contributed by atoms with Gasteiger partial charge in [-0.1, -0.05) is 26.0 Å². The monoisotopic (exact) mass is 234 g/mol. The second kappa shape index (κ2) is 6.06. The molecule has 0 atom stereocenters. The Kier molecular flexibility index (Phi) is 4.72. The highest BCUT2D eigenvalue weighted by Gasteiger charge is 2.07. The van der Waals surface area contributed by atoms with Crippen molar-refractivity contribution in [3.05, 3.63) is 35.5 Å². The van der Waals surface area contributed by atoms with Crippen LogP contribution in [0.4, 0.5) is 0 Å². The number of aromatic amines is 1. The summed E-state index contributed by atoms with van der Waals surface area (Å²) in [6.45, 7) is 5.64. The first-order chi connectivity index (χ1) is 8.20. The molecule has 0 aliphatic heterocycles. The van der Waals surface area contributed by atoms with Gasteiger partial charge in [0.15, 0.2) is 0 Å². The van der Waals surface area contributed by atoms with Gasteiger partial charge < -0.3 is 15.4 Å². The van der Waals surface area contributed by atoms with Crippen LogP contribution < -0.4 is 5.32 Å². The lowest BCUT2D eigenvalue weighted by Crippen LogP contribution is -2.24. The molecule has 4 heteroatoms. The number of rotatable bonds is 2. The van der Waals surface area contributed by atoms with E-state index in [0.29, 0.717) is 5.69 Å². The molecule has 0 radical (unpaired) electrons. The second-order valence-electron chi connectivity index (χ2n) is 3.44. The van der Waals surface area contributed by atoms with Crippen molar-refractivity contribution < 1.29 is 9.90 Å². The van der Waals surface area contributed by atoms with Gasteiger partial charge in [0.05, 0.1) is 0 Å². The number of aromatic nitrogens is 1. The highest BCUT2D eigenvalue weighted by molar-refractivity contribution is 5.98. The number of aryl methyl sites for hydroxylation is 1. The molecule has 2 rings (SSSR count). The third-order valence-corrected chi connectivity index (χ3v) is 2.26. The average molecular weight is 234 g/mol. The van der Waals surface area contributed by atoms with E-state index in [1.165, 1.54) is 0 Å². The molecule has 0 spiro atoms. The van der Waals surface area contributed by atoms with Crippen LogP contribution in [0.2, 0.25) is 0 Å². The SMILES string of the molecule is CC.Cc1ccc2cc(C(=O)NCO)[nH]c2c1. The summed E-state index contributed by atoms with van der Waals surface area (Å²) in [6.07, 6.45) is 0. The number of amides is 1. The van der Waals surface area contributed by atoms with E-state index >= 15 is 0 Å². The number of hydrogen-bond donors (Lipinski definition) is 3. The van der Waals surface area contributed by atoms with E-state index in [1.54, 1.807) is 6.07 Å². The number of carbonyl (C=O) groups is 1. The Labute approximate surface area is 101 Å². The van der Waals surface area contributed by atoms with Crippen molar-refractivity contribution >= 4 is 16.8 Å². The van der Waals surface area contributed by atoms with Crippen LogP contribution in [-0.4, -0.2) is 22.7 Å². The van der Waals surface area contributed by atoms with Gasteiger partial charge >= 0.3 is 0 Å². The molecule has 17 heavy (non-hydrogen) atoms. The minimum Gasteiger partial charge on any atom is -0.376 e. The van der Waals surface area contributed by atoms with Crippen LogP contribution >= 0.6 is 0 Å². The van der Waals surface area contributed by atoms with Gasteiger partial charge in [0.2, 0.25) is 0 Å². The number of hydrogen-bond acceptors (Lipinski definition) is 2. The maximum Gasteiger partial charge on any atom is 0.269 e. The second-order valence-corrected chi connectivity index (χ2v) is 3.44. The van der Waals surface area contributed by atoms with Crippen LogP contribution in [0.25, 0.3) is 10.9 Å². The highest BCUT2D eigenvalue weighted by atomic mass is 16.3. The minimum atomic E-state index is -0.354. The molecule has 1 aromatic heterocycles. The molecule has 0 unspecified atom stereocenters. The number of aliphatic hydroxyl groups excluding tert-OH is 1. The first-order valence-electron chi connectivity index (χ1n) is 5.69. The number of fused-ring (bicyclic) bond motifs is 1. The molecule has 3 N–H and O–H groups in total. The zero-order valence-electron chi connectivity index (χ0n) is 10.4. The topological polar surface area (TPSA) is 65.1 Å². The summed E-state index contributed by atoms with van der Waals surface area (Å²) in [5.41, 5.74) is 2.53. The van der Waals surface area contributed by atoms with E-state index < -0.39 is 0 Å². The average Bonchev–Trinajstić information content (AvgIpc) is 2.75. The summed E-state index contributed by atoms with van der Waals surface area (Å²) in [5, 5.41) is 11.9. The van der Waals surface area contributed by atoms with Gasteiger partial charge in [0, 0.05) is 10.9 Å². The maximum absolute atomic E-state index is 11.4. The fourth-order valence-corrected chi connectivity index (χ4v) is 1.53. The Morgan fingerprint density at radius 3 is 2.71 bits per heavy atom. The van der Waals surface area contributed by atoms with Crippen LogP contribution in [-0.2, 0) is 0 Å². The number of benzene rings is 1. The van der Waals surface area contributed by atoms with E-state index in [9.17, 15) is 4.79 Å². The predicted molar refractivity (Wildman–Crippen MR) is 68.9 cm³/mol. The Morgan fingerprint density at radius 1 is 1.35 bits per heavy atom. The van der Waals surface area contributed by atoms with Crippen molar-refractivity contribution in [3.8, 4) is 0 Å². The molecule has 4 nitrogen and oxygen atoms in total. The van der Waals surface area contributed by atoms with Crippen LogP contribution in [0.3, 0.4) is 0 Å². The molecule has 0 bridgehead atoms. The molecule has 1 amide bonds.